The average Bonchev–Trinajstić information content (AvgIpc) is 3.07. The maximum atomic E-state index is 12.4. The van der Waals surface area contributed by atoms with Crippen molar-refractivity contribution < 1.29 is 40.7 Å². The highest BCUT2D eigenvalue weighted by Crippen LogP contribution is 2.19. The summed E-state index contributed by atoms with van der Waals surface area (Å²) >= 11 is 0. The molecule has 1 aromatic carbocycles. The number of carbonyl (C=O) groups is 2. The fraction of sp³-hybridized carbons (Fsp3) is 0.200. The monoisotopic (exact) mass is 374 g/mol. The van der Waals surface area contributed by atoms with Crippen LogP contribution in [0.3, 0.4) is 0 Å². The summed E-state index contributed by atoms with van der Waals surface area (Å²) < 4.78 is 61.9. The normalized spacial score (nSPS) is 11.4. The Hall–Kier alpha value is -2.75. The highest BCUT2D eigenvalue weighted by Gasteiger charge is 2.26. The molecule has 0 fully saturated rings. The predicted octanol–water partition coefficient (Wildman–Crippen LogP) is 2.42. The minimum atomic E-state index is -4.73. The number of carbonyl (C=O) groups excluding carboxylic acids is 2. The van der Waals surface area contributed by atoms with Crippen LogP contribution in [0, 0.1) is 0 Å². The topological polar surface area (TPSA) is 99.9 Å². The SMILES string of the molecule is COC(=O)c1occc1COC(=O)c1ccc(S(=O)(=O)C(F)F)cc1. The van der Waals surface area contributed by atoms with Crippen LogP contribution in [0.25, 0.3) is 0 Å². The third-order valence-electron chi connectivity index (χ3n) is 3.13. The predicted molar refractivity (Wildman–Crippen MR) is 78.8 cm³/mol. The van der Waals surface area contributed by atoms with Gasteiger partial charge in [0.1, 0.15) is 6.61 Å². The van der Waals surface area contributed by atoms with Crippen molar-refractivity contribution in [2.75, 3.05) is 7.11 Å². The van der Waals surface area contributed by atoms with Crippen molar-refractivity contribution in [2.24, 2.45) is 0 Å². The molecule has 0 amide bonds. The molecule has 0 unspecified atom stereocenters. The van der Waals surface area contributed by atoms with Gasteiger partial charge >= 0.3 is 17.7 Å². The van der Waals surface area contributed by atoms with Gasteiger partial charge in [0.05, 0.1) is 23.8 Å². The van der Waals surface area contributed by atoms with Crippen molar-refractivity contribution in [1.29, 1.82) is 0 Å². The van der Waals surface area contributed by atoms with E-state index in [2.05, 4.69) is 4.74 Å². The largest absolute Gasteiger partial charge is 0.463 e. The molecule has 134 valence electrons. The number of alkyl halides is 2. The van der Waals surface area contributed by atoms with E-state index in [4.69, 9.17) is 9.15 Å². The molecule has 0 atom stereocenters. The van der Waals surface area contributed by atoms with Gasteiger partial charge in [0.2, 0.25) is 15.6 Å². The van der Waals surface area contributed by atoms with Gasteiger partial charge in [-0.05, 0) is 30.3 Å². The van der Waals surface area contributed by atoms with Crippen LogP contribution < -0.4 is 0 Å². The number of rotatable bonds is 6. The van der Waals surface area contributed by atoms with Gasteiger partial charge in [-0.15, -0.1) is 0 Å². The van der Waals surface area contributed by atoms with Gasteiger partial charge in [-0.3, -0.25) is 0 Å². The van der Waals surface area contributed by atoms with Crippen LogP contribution in [0.4, 0.5) is 8.78 Å². The molecular weight excluding hydrogens is 362 g/mol. The zero-order chi connectivity index (χ0) is 18.6. The molecule has 7 nitrogen and oxygen atoms in total. The zero-order valence-electron chi connectivity index (χ0n) is 12.8. The first kappa shape index (κ1) is 18.6. The third-order valence-corrected chi connectivity index (χ3v) is 4.53. The molecule has 2 aromatic rings. The first-order valence-electron chi connectivity index (χ1n) is 6.71. The summed E-state index contributed by atoms with van der Waals surface area (Å²) in [4.78, 5) is 22.7. The lowest BCUT2D eigenvalue weighted by Gasteiger charge is -2.06. The van der Waals surface area contributed by atoms with Crippen molar-refractivity contribution in [1.82, 2.24) is 0 Å². The maximum absolute atomic E-state index is 12.4. The Balaban J connectivity index is 2.07. The van der Waals surface area contributed by atoms with E-state index in [-0.39, 0.29) is 23.5 Å². The number of furan rings is 1. The summed E-state index contributed by atoms with van der Waals surface area (Å²) in [7, 11) is -3.57. The highest BCUT2D eigenvalue weighted by molar-refractivity contribution is 7.91. The first-order chi connectivity index (χ1) is 11.8. The Morgan fingerprint density at radius 2 is 1.76 bits per heavy atom. The first-order valence-corrected chi connectivity index (χ1v) is 8.26. The molecule has 0 saturated heterocycles. The summed E-state index contributed by atoms with van der Waals surface area (Å²) in [6.45, 7) is -0.295. The van der Waals surface area contributed by atoms with Crippen LogP contribution in [0.1, 0.15) is 26.5 Å². The third kappa shape index (κ3) is 4.02. The van der Waals surface area contributed by atoms with Crippen LogP contribution in [-0.4, -0.2) is 33.2 Å². The van der Waals surface area contributed by atoms with Crippen molar-refractivity contribution in [3.63, 3.8) is 0 Å². The molecule has 10 heteroatoms. The van der Waals surface area contributed by atoms with Gasteiger partial charge in [0.25, 0.3) is 0 Å². The standard InChI is InChI=1S/C15H12F2O7S/c1-22-14(19)12-10(6-7-23-12)8-24-13(18)9-2-4-11(5-3-9)25(20,21)15(16)17/h2-7,15H,8H2,1H3. The molecular formula is C15H12F2O7S. The Morgan fingerprint density at radius 1 is 1.12 bits per heavy atom. The van der Waals surface area contributed by atoms with E-state index < -0.39 is 32.4 Å². The lowest BCUT2D eigenvalue weighted by atomic mass is 10.2. The molecule has 0 spiro atoms. The fourth-order valence-corrected chi connectivity index (χ4v) is 2.55. The number of hydrogen-bond acceptors (Lipinski definition) is 7. The van der Waals surface area contributed by atoms with Crippen molar-refractivity contribution in [2.45, 2.75) is 17.3 Å². The summed E-state index contributed by atoms with van der Waals surface area (Å²) in [5.74, 6) is -5.24. The van der Waals surface area contributed by atoms with E-state index in [1.54, 1.807) is 0 Å². The maximum Gasteiger partial charge on any atom is 0.374 e. The van der Waals surface area contributed by atoms with Gasteiger partial charge < -0.3 is 13.9 Å². The summed E-state index contributed by atoms with van der Waals surface area (Å²) in [6.07, 6.45) is 1.22. The highest BCUT2D eigenvalue weighted by atomic mass is 32.2. The number of halogens is 2. The van der Waals surface area contributed by atoms with Crippen LogP contribution in [0.15, 0.2) is 45.9 Å². The zero-order valence-corrected chi connectivity index (χ0v) is 13.6. The van der Waals surface area contributed by atoms with Gasteiger partial charge in [0.15, 0.2) is 0 Å². The summed E-state index contributed by atoms with van der Waals surface area (Å²) in [5, 5.41) is 0. The van der Waals surface area contributed by atoms with E-state index >= 15 is 0 Å². The molecule has 0 aliphatic rings. The van der Waals surface area contributed by atoms with Crippen molar-refractivity contribution in [3.05, 3.63) is 53.5 Å². The molecule has 0 bridgehead atoms. The number of methoxy groups -OCH3 is 1. The number of benzene rings is 1. The van der Waals surface area contributed by atoms with E-state index in [0.717, 1.165) is 31.4 Å². The van der Waals surface area contributed by atoms with Crippen molar-refractivity contribution in [3.8, 4) is 0 Å². The average molecular weight is 374 g/mol. The van der Waals surface area contributed by atoms with E-state index in [0.29, 0.717) is 0 Å². The second-order valence-electron chi connectivity index (χ2n) is 4.67. The molecule has 0 aliphatic carbocycles. The molecule has 0 N–H and O–H groups in total. The van der Waals surface area contributed by atoms with Crippen LogP contribution in [-0.2, 0) is 25.9 Å². The lowest BCUT2D eigenvalue weighted by molar-refractivity contribution is 0.0453. The Morgan fingerprint density at radius 3 is 2.32 bits per heavy atom. The van der Waals surface area contributed by atoms with Gasteiger partial charge in [-0.2, -0.15) is 8.78 Å². The molecule has 2 rings (SSSR count). The summed E-state index contributed by atoms with van der Waals surface area (Å²) in [5.41, 5.74) is 0.230. The minimum absolute atomic E-state index is 0.0451. The van der Waals surface area contributed by atoms with Gasteiger partial charge in [-0.25, -0.2) is 18.0 Å². The number of esters is 2. The second-order valence-corrected chi connectivity index (χ2v) is 6.59. The van der Waals surface area contributed by atoms with Gasteiger partial charge in [-0.1, -0.05) is 0 Å². The quantitative estimate of drug-likeness (QED) is 0.716. The van der Waals surface area contributed by atoms with E-state index in [9.17, 15) is 26.8 Å². The molecule has 0 radical (unpaired) electrons. The second kappa shape index (κ2) is 7.43. The van der Waals surface area contributed by atoms with Crippen LogP contribution >= 0.6 is 0 Å². The minimum Gasteiger partial charge on any atom is -0.463 e. The number of hydrogen-bond donors (Lipinski definition) is 0. The lowest BCUT2D eigenvalue weighted by Crippen LogP contribution is -2.12. The Kier molecular flexibility index (Phi) is 5.52. The Bertz CT molecular complexity index is 870. The molecule has 25 heavy (non-hydrogen) atoms. The van der Waals surface area contributed by atoms with Crippen LogP contribution in [0.2, 0.25) is 0 Å². The fourth-order valence-electron chi connectivity index (χ4n) is 1.83. The smallest absolute Gasteiger partial charge is 0.374 e. The van der Waals surface area contributed by atoms with Crippen molar-refractivity contribution >= 4 is 21.8 Å². The number of ether oxygens (including phenoxy) is 2. The number of sulfone groups is 1. The molecule has 1 aromatic heterocycles. The van der Waals surface area contributed by atoms with Crippen LogP contribution in [0.5, 0.6) is 0 Å². The Labute approximate surface area is 141 Å². The molecule has 0 saturated carbocycles. The molecule has 1 heterocycles. The molecule has 0 aliphatic heterocycles. The summed E-state index contributed by atoms with van der Waals surface area (Å²) in [6, 6.07) is 5.28. The van der Waals surface area contributed by atoms with E-state index in [1.165, 1.54) is 12.3 Å². The van der Waals surface area contributed by atoms with Gasteiger partial charge in [0, 0.05) is 5.56 Å². The van der Waals surface area contributed by atoms with E-state index in [1.807, 2.05) is 0 Å².